The van der Waals surface area contributed by atoms with Crippen molar-refractivity contribution in [1.29, 1.82) is 0 Å². The van der Waals surface area contributed by atoms with Gasteiger partial charge in [0.15, 0.2) is 17.5 Å². The Morgan fingerprint density at radius 2 is 0.912 bits per heavy atom. The molecular formula is C24H20N4O6. The van der Waals surface area contributed by atoms with Gasteiger partial charge in [-0.2, -0.15) is 0 Å². The molecule has 1 aromatic heterocycles. The molecule has 0 aliphatic carbocycles. The number of phenols is 5. The Hall–Kier alpha value is -4.73. The van der Waals surface area contributed by atoms with Gasteiger partial charge in [0.2, 0.25) is 0 Å². The van der Waals surface area contributed by atoms with Crippen molar-refractivity contribution >= 4 is 5.69 Å². The van der Waals surface area contributed by atoms with E-state index < -0.39 is 0 Å². The third kappa shape index (κ3) is 3.60. The predicted molar refractivity (Wildman–Crippen MR) is 124 cm³/mol. The van der Waals surface area contributed by atoms with Gasteiger partial charge >= 0.3 is 0 Å². The fourth-order valence-electron chi connectivity index (χ4n) is 3.46. The first-order valence-corrected chi connectivity index (χ1v) is 10.1. The molecule has 4 rings (SSSR count). The van der Waals surface area contributed by atoms with Crippen LogP contribution in [0.25, 0.3) is 34.2 Å². The van der Waals surface area contributed by atoms with E-state index in [9.17, 15) is 30.4 Å². The topological polar surface area (TPSA) is 169 Å². The van der Waals surface area contributed by atoms with Crippen LogP contribution in [0.5, 0.6) is 28.7 Å². The number of phenolic OH excluding ortho intramolecular Hbond substituents is 5. The quantitative estimate of drug-likeness (QED) is 0.270. The molecule has 0 aliphatic heterocycles. The number of nitrogens with zero attached hydrogens (tertiary/aromatic N) is 4. The summed E-state index contributed by atoms with van der Waals surface area (Å²) in [5, 5.41) is 54.1. The molecule has 10 nitrogen and oxygen atoms in total. The van der Waals surface area contributed by atoms with E-state index in [-0.39, 0.29) is 85.3 Å². The zero-order valence-corrected chi connectivity index (χ0v) is 18.4. The fourth-order valence-corrected chi connectivity index (χ4v) is 3.46. The summed E-state index contributed by atoms with van der Waals surface area (Å²) in [7, 11) is 0. The molecule has 5 N–H and O–H groups in total. The average Bonchev–Trinajstić information content (AvgIpc) is 2.82. The minimum atomic E-state index is -0.259. The first kappa shape index (κ1) is 22.5. The summed E-state index contributed by atoms with van der Waals surface area (Å²) in [4.78, 5) is 24.8. The summed E-state index contributed by atoms with van der Waals surface area (Å²) in [5.41, 5.74) is 1.10. The second kappa shape index (κ2) is 8.32. The van der Waals surface area contributed by atoms with Gasteiger partial charge in [-0.15, -0.1) is 4.91 Å². The lowest BCUT2D eigenvalue weighted by Crippen LogP contribution is -2.01. The van der Waals surface area contributed by atoms with Crippen molar-refractivity contribution in [3.8, 4) is 62.9 Å². The maximum absolute atomic E-state index is 11.6. The summed E-state index contributed by atoms with van der Waals surface area (Å²) in [6.45, 7) is 4.55. The van der Waals surface area contributed by atoms with E-state index in [0.29, 0.717) is 0 Å². The highest BCUT2D eigenvalue weighted by Crippen LogP contribution is 2.41. The molecule has 0 saturated heterocycles. The molecule has 0 saturated carbocycles. The van der Waals surface area contributed by atoms with Crippen LogP contribution in [-0.4, -0.2) is 40.5 Å². The first-order valence-electron chi connectivity index (χ1n) is 10.1. The van der Waals surface area contributed by atoms with Crippen molar-refractivity contribution in [1.82, 2.24) is 15.0 Å². The van der Waals surface area contributed by atoms with Crippen molar-refractivity contribution in [3.05, 3.63) is 58.0 Å². The normalized spacial score (nSPS) is 10.9. The molecular weight excluding hydrogens is 440 g/mol. The summed E-state index contributed by atoms with van der Waals surface area (Å²) in [6, 6.07) is 8.38. The van der Waals surface area contributed by atoms with Crippen LogP contribution in [0.15, 0.2) is 41.6 Å². The summed E-state index contributed by atoms with van der Waals surface area (Å²) < 4.78 is 0. The number of rotatable bonds is 4. The third-order valence-electron chi connectivity index (χ3n) is 5.66. The minimum Gasteiger partial charge on any atom is -0.508 e. The average molecular weight is 460 g/mol. The number of hydrogen-bond acceptors (Lipinski definition) is 10. The van der Waals surface area contributed by atoms with Crippen molar-refractivity contribution in [2.24, 2.45) is 5.18 Å². The zero-order valence-electron chi connectivity index (χ0n) is 18.4. The van der Waals surface area contributed by atoms with Crippen molar-refractivity contribution in [2.45, 2.75) is 20.8 Å². The highest BCUT2D eigenvalue weighted by molar-refractivity contribution is 5.79. The maximum atomic E-state index is 11.6. The predicted octanol–water partition coefficient (Wildman–Crippen LogP) is 4.72. The third-order valence-corrected chi connectivity index (χ3v) is 5.66. The molecule has 0 radical (unpaired) electrons. The summed E-state index contributed by atoms with van der Waals surface area (Å²) >= 11 is 0. The van der Waals surface area contributed by atoms with Crippen LogP contribution < -0.4 is 0 Å². The maximum Gasteiger partial charge on any atom is 0.167 e. The first-order chi connectivity index (χ1) is 16.1. The highest BCUT2D eigenvalue weighted by Gasteiger charge is 2.22. The van der Waals surface area contributed by atoms with Gasteiger partial charge in [-0.3, -0.25) is 0 Å². The number of aromatic nitrogens is 3. The van der Waals surface area contributed by atoms with Gasteiger partial charge < -0.3 is 25.5 Å². The number of aromatic hydroxyl groups is 5. The standard InChI is InChI=1S/C24H20N4O6/c1-10-16(29)7-4-13(19(10)28-34)22-25-23(14-5-8-17(30)11(2)20(14)32)27-24(26-22)15-6-9-18(31)12(3)21(15)33/h4-9,29-33H,1-3H3. The molecule has 34 heavy (non-hydrogen) atoms. The van der Waals surface area contributed by atoms with E-state index in [1.807, 2.05) is 0 Å². The molecule has 0 spiro atoms. The van der Waals surface area contributed by atoms with E-state index in [1.54, 1.807) is 0 Å². The second-order valence-corrected chi connectivity index (χ2v) is 7.72. The smallest absolute Gasteiger partial charge is 0.167 e. The Kier molecular flexibility index (Phi) is 5.50. The Morgan fingerprint density at radius 3 is 1.32 bits per heavy atom. The molecule has 10 heteroatoms. The van der Waals surface area contributed by atoms with Crippen LogP contribution in [-0.2, 0) is 0 Å². The summed E-state index contributed by atoms with van der Waals surface area (Å²) in [5.74, 6) is -0.913. The van der Waals surface area contributed by atoms with Gasteiger partial charge in [-0.05, 0) is 62.3 Å². The number of benzene rings is 3. The molecule has 0 aliphatic rings. The number of hydrogen-bond donors (Lipinski definition) is 5. The van der Waals surface area contributed by atoms with Crippen molar-refractivity contribution < 1.29 is 25.5 Å². The molecule has 0 unspecified atom stereocenters. The molecule has 4 aromatic rings. The van der Waals surface area contributed by atoms with E-state index >= 15 is 0 Å². The Labute approximate surface area is 193 Å². The fraction of sp³-hybridized carbons (Fsp3) is 0.125. The molecule has 172 valence electrons. The van der Waals surface area contributed by atoms with Gasteiger partial charge in [-0.1, -0.05) is 0 Å². The van der Waals surface area contributed by atoms with E-state index in [2.05, 4.69) is 20.1 Å². The van der Waals surface area contributed by atoms with Crippen LogP contribution >= 0.6 is 0 Å². The highest BCUT2D eigenvalue weighted by atomic mass is 16.3. The zero-order chi connectivity index (χ0) is 24.7. The van der Waals surface area contributed by atoms with Gasteiger partial charge in [0.1, 0.15) is 34.4 Å². The molecule has 0 amide bonds. The molecule has 3 aromatic carbocycles. The van der Waals surface area contributed by atoms with E-state index in [4.69, 9.17) is 0 Å². The number of nitroso groups, excluding NO2 is 1. The van der Waals surface area contributed by atoms with Crippen molar-refractivity contribution in [3.63, 3.8) is 0 Å². The van der Waals surface area contributed by atoms with Gasteiger partial charge in [0, 0.05) is 22.3 Å². The monoisotopic (exact) mass is 460 g/mol. The van der Waals surface area contributed by atoms with Crippen LogP contribution in [0.1, 0.15) is 16.7 Å². The van der Waals surface area contributed by atoms with E-state index in [1.165, 1.54) is 57.2 Å². The van der Waals surface area contributed by atoms with Gasteiger partial charge in [0.05, 0.1) is 11.1 Å². The molecule has 0 fully saturated rings. The summed E-state index contributed by atoms with van der Waals surface area (Å²) in [6.07, 6.45) is 0. The largest absolute Gasteiger partial charge is 0.508 e. The van der Waals surface area contributed by atoms with Crippen LogP contribution in [0.2, 0.25) is 0 Å². The Balaban J connectivity index is 2.07. The Morgan fingerprint density at radius 1 is 0.559 bits per heavy atom. The van der Waals surface area contributed by atoms with Crippen LogP contribution in [0.3, 0.4) is 0 Å². The molecule has 0 atom stereocenters. The molecule has 1 heterocycles. The second-order valence-electron chi connectivity index (χ2n) is 7.72. The lowest BCUT2D eigenvalue weighted by atomic mass is 10.0. The van der Waals surface area contributed by atoms with E-state index in [0.717, 1.165) is 0 Å². The Bertz CT molecular complexity index is 1390. The van der Waals surface area contributed by atoms with Crippen LogP contribution in [0.4, 0.5) is 5.69 Å². The van der Waals surface area contributed by atoms with Gasteiger partial charge in [-0.25, -0.2) is 15.0 Å². The van der Waals surface area contributed by atoms with Crippen molar-refractivity contribution in [2.75, 3.05) is 0 Å². The minimum absolute atomic E-state index is 0.00620. The lowest BCUT2D eigenvalue weighted by molar-refractivity contribution is 0.443. The lowest BCUT2D eigenvalue weighted by Gasteiger charge is -2.13. The SMILES string of the molecule is Cc1c(O)ccc(-c2nc(-c3ccc(O)c(C)c3O)nc(-c3ccc(O)c(C)c3N=O)n2)c1O. The van der Waals surface area contributed by atoms with Gasteiger partial charge in [0.25, 0.3) is 0 Å². The molecule has 0 bridgehead atoms. The van der Waals surface area contributed by atoms with Crippen LogP contribution in [0, 0.1) is 25.7 Å².